The molecule has 2 atom stereocenters. The summed E-state index contributed by atoms with van der Waals surface area (Å²) in [4.78, 5) is 45.2. The Balaban J connectivity index is 4.29. The first-order valence-electron chi connectivity index (χ1n) is 6.74. The molecule has 124 valence electrons. The summed E-state index contributed by atoms with van der Waals surface area (Å²) in [7, 11) is 0. The molecule has 22 heavy (non-hydrogen) atoms. The van der Waals surface area contributed by atoms with Gasteiger partial charge in [-0.3, -0.25) is 0 Å². The first-order valence-corrected chi connectivity index (χ1v) is 6.74. The third-order valence-corrected chi connectivity index (χ3v) is 2.18. The quantitative estimate of drug-likeness (QED) is 0.363. The number of esters is 4. The first kappa shape index (κ1) is 19.6. The zero-order valence-corrected chi connectivity index (χ0v) is 13.0. The van der Waals surface area contributed by atoms with Crippen LogP contribution in [-0.2, 0) is 38.1 Å². The fourth-order valence-electron chi connectivity index (χ4n) is 1.18. The van der Waals surface area contributed by atoms with Crippen LogP contribution >= 0.6 is 0 Å². The van der Waals surface area contributed by atoms with Gasteiger partial charge in [-0.15, -0.1) is 0 Å². The smallest absolute Gasteiger partial charge is 0.347 e. The van der Waals surface area contributed by atoms with E-state index in [1.807, 2.05) is 0 Å². The maximum absolute atomic E-state index is 11.4. The van der Waals surface area contributed by atoms with E-state index in [9.17, 15) is 19.2 Å². The van der Waals surface area contributed by atoms with Crippen molar-refractivity contribution in [3.05, 3.63) is 12.2 Å². The van der Waals surface area contributed by atoms with Gasteiger partial charge in [-0.1, -0.05) is 0 Å². The topological polar surface area (TPSA) is 105 Å². The Morgan fingerprint density at radius 1 is 0.773 bits per heavy atom. The van der Waals surface area contributed by atoms with Gasteiger partial charge in [0.2, 0.25) is 0 Å². The molecule has 0 N–H and O–H groups in total. The van der Waals surface area contributed by atoms with E-state index in [0.717, 1.165) is 12.2 Å². The van der Waals surface area contributed by atoms with Crippen LogP contribution in [0.25, 0.3) is 0 Å². The van der Waals surface area contributed by atoms with Crippen molar-refractivity contribution < 1.29 is 38.1 Å². The average Bonchev–Trinajstić information content (AvgIpc) is 2.45. The molecule has 0 aliphatic carbocycles. The highest BCUT2D eigenvalue weighted by Gasteiger charge is 2.19. The normalized spacial score (nSPS) is 13.1. The van der Waals surface area contributed by atoms with Crippen LogP contribution < -0.4 is 0 Å². The second kappa shape index (κ2) is 10.4. The average molecular weight is 316 g/mol. The van der Waals surface area contributed by atoms with E-state index in [2.05, 4.69) is 9.47 Å². The van der Waals surface area contributed by atoms with Crippen molar-refractivity contribution >= 4 is 23.9 Å². The van der Waals surface area contributed by atoms with Gasteiger partial charge in [0.15, 0.2) is 12.2 Å². The summed E-state index contributed by atoms with van der Waals surface area (Å²) < 4.78 is 18.7. The molecule has 0 aliphatic heterocycles. The molecule has 0 rings (SSSR count). The van der Waals surface area contributed by atoms with Crippen LogP contribution in [-0.4, -0.2) is 49.3 Å². The summed E-state index contributed by atoms with van der Waals surface area (Å²) in [5.74, 6) is -3.21. The molecule has 0 aliphatic rings. The third-order valence-electron chi connectivity index (χ3n) is 2.18. The highest BCUT2D eigenvalue weighted by molar-refractivity contribution is 5.93. The highest BCUT2D eigenvalue weighted by Crippen LogP contribution is 1.99. The predicted octanol–water partition coefficient (Wildman–Crippen LogP) is 0.532. The molecule has 0 unspecified atom stereocenters. The van der Waals surface area contributed by atoms with Crippen LogP contribution in [0.3, 0.4) is 0 Å². The highest BCUT2D eigenvalue weighted by atomic mass is 16.6. The van der Waals surface area contributed by atoms with E-state index >= 15 is 0 Å². The molecule has 0 aromatic carbocycles. The molecule has 0 aromatic rings. The Hall–Kier alpha value is -2.38. The van der Waals surface area contributed by atoms with Crippen molar-refractivity contribution in [3.8, 4) is 0 Å². The Morgan fingerprint density at radius 2 is 1.09 bits per heavy atom. The molecule has 0 bridgehead atoms. The second-order valence-electron chi connectivity index (χ2n) is 4.00. The summed E-state index contributed by atoms with van der Waals surface area (Å²) >= 11 is 0. The van der Waals surface area contributed by atoms with Gasteiger partial charge in [0, 0.05) is 12.2 Å². The van der Waals surface area contributed by atoms with Crippen molar-refractivity contribution in [2.24, 2.45) is 0 Å². The van der Waals surface area contributed by atoms with Gasteiger partial charge < -0.3 is 18.9 Å². The molecule has 0 aromatic heterocycles. The summed E-state index contributed by atoms with van der Waals surface area (Å²) in [6, 6.07) is 0. The largest absolute Gasteiger partial charge is 0.463 e. The molecule has 0 fully saturated rings. The van der Waals surface area contributed by atoms with E-state index in [4.69, 9.17) is 9.47 Å². The number of rotatable bonds is 8. The van der Waals surface area contributed by atoms with E-state index in [0.29, 0.717) is 0 Å². The molecule has 0 spiro atoms. The van der Waals surface area contributed by atoms with Gasteiger partial charge in [0.05, 0.1) is 13.2 Å². The fourth-order valence-corrected chi connectivity index (χ4v) is 1.18. The van der Waals surface area contributed by atoms with Gasteiger partial charge in [-0.25, -0.2) is 19.2 Å². The van der Waals surface area contributed by atoms with Crippen molar-refractivity contribution in [2.45, 2.75) is 39.9 Å². The van der Waals surface area contributed by atoms with Gasteiger partial charge in [0.1, 0.15) is 0 Å². The Labute approximate surface area is 128 Å². The maximum Gasteiger partial charge on any atom is 0.347 e. The van der Waals surface area contributed by atoms with Gasteiger partial charge in [-0.05, 0) is 27.7 Å². The van der Waals surface area contributed by atoms with E-state index < -0.39 is 36.1 Å². The van der Waals surface area contributed by atoms with Crippen LogP contribution in [0.15, 0.2) is 12.2 Å². The number of hydrogen-bond donors (Lipinski definition) is 0. The maximum atomic E-state index is 11.4. The molecule has 0 radical (unpaired) electrons. The van der Waals surface area contributed by atoms with Gasteiger partial charge in [-0.2, -0.15) is 0 Å². The van der Waals surface area contributed by atoms with Crippen LogP contribution in [0.1, 0.15) is 27.7 Å². The lowest BCUT2D eigenvalue weighted by molar-refractivity contribution is -0.164. The van der Waals surface area contributed by atoms with Crippen molar-refractivity contribution in [3.63, 3.8) is 0 Å². The van der Waals surface area contributed by atoms with Crippen molar-refractivity contribution in [1.82, 2.24) is 0 Å². The summed E-state index contributed by atoms with van der Waals surface area (Å²) in [6.45, 7) is 6.24. The Kier molecular flexibility index (Phi) is 9.24. The van der Waals surface area contributed by atoms with Crippen molar-refractivity contribution in [1.29, 1.82) is 0 Å². The minimum Gasteiger partial charge on any atom is -0.463 e. The lowest BCUT2D eigenvalue weighted by Crippen LogP contribution is -2.26. The number of carbonyl (C=O) groups excluding carboxylic acids is 4. The van der Waals surface area contributed by atoms with Gasteiger partial charge in [0.25, 0.3) is 0 Å². The molecule has 0 amide bonds. The lowest BCUT2D eigenvalue weighted by atomic mass is 10.4. The number of ether oxygens (including phenoxy) is 4. The monoisotopic (exact) mass is 316 g/mol. The molecule has 8 nitrogen and oxygen atoms in total. The van der Waals surface area contributed by atoms with Crippen LogP contribution in [0, 0.1) is 0 Å². The Bertz CT molecular complexity index is 400. The fraction of sp³-hybridized carbons (Fsp3) is 0.571. The molecule has 8 heteroatoms. The second-order valence-corrected chi connectivity index (χ2v) is 4.00. The van der Waals surface area contributed by atoms with E-state index in [1.165, 1.54) is 13.8 Å². The van der Waals surface area contributed by atoms with Crippen molar-refractivity contribution in [2.75, 3.05) is 13.2 Å². The number of carbonyl (C=O) groups is 4. The van der Waals surface area contributed by atoms with Crippen LogP contribution in [0.5, 0.6) is 0 Å². The Morgan fingerprint density at radius 3 is 1.36 bits per heavy atom. The van der Waals surface area contributed by atoms with Crippen LogP contribution in [0.2, 0.25) is 0 Å². The summed E-state index contributed by atoms with van der Waals surface area (Å²) in [5, 5.41) is 0. The summed E-state index contributed by atoms with van der Waals surface area (Å²) in [5.41, 5.74) is 0. The zero-order valence-electron chi connectivity index (χ0n) is 13.0. The van der Waals surface area contributed by atoms with E-state index in [1.54, 1.807) is 13.8 Å². The zero-order chi connectivity index (χ0) is 17.1. The van der Waals surface area contributed by atoms with Crippen LogP contribution in [0.4, 0.5) is 0 Å². The molecule has 0 heterocycles. The van der Waals surface area contributed by atoms with Gasteiger partial charge >= 0.3 is 23.9 Å². The third kappa shape index (κ3) is 8.03. The molecular weight excluding hydrogens is 296 g/mol. The minimum absolute atomic E-state index is 0.161. The number of hydrogen-bond acceptors (Lipinski definition) is 8. The lowest BCUT2D eigenvalue weighted by Gasteiger charge is -2.11. The summed E-state index contributed by atoms with van der Waals surface area (Å²) in [6.07, 6.45) is -0.607. The molecular formula is C14H20O8. The molecule has 0 saturated heterocycles. The predicted molar refractivity (Wildman–Crippen MR) is 73.5 cm³/mol. The molecule has 0 saturated carbocycles. The van der Waals surface area contributed by atoms with E-state index in [-0.39, 0.29) is 13.2 Å². The standard InChI is InChI=1S/C14H20O8/c1-5-19-13(17)9(3)21-11(15)7-8-12(16)22-10(4)14(18)20-6-2/h7-10H,5-6H2,1-4H3/b8-7-/t9-,10-/m0/s1. The SMILES string of the molecule is CCOC(=O)[C@H](C)OC(=O)/C=C\C(=O)O[C@@H](C)C(=O)OCC. The first-order chi connectivity index (χ1) is 10.3. The minimum atomic E-state index is -1.09.